The normalized spacial score (nSPS) is 11.3. The van der Waals surface area contributed by atoms with E-state index >= 15 is 0 Å². The first kappa shape index (κ1) is 58.0. The quantitative estimate of drug-likeness (QED) is 0.0376. The molecule has 0 fully saturated rings. The van der Waals surface area contributed by atoms with Crippen molar-refractivity contribution in [3.8, 4) is 0 Å². The summed E-state index contributed by atoms with van der Waals surface area (Å²) in [4.78, 5) is 14.5. The van der Waals surface area contributed by atoms with Gasteiger partial charge >= 0.3 is 0 Å². The molecule has 1 amide bonds. The topological polar surface area (TPSA) is 60.0 Å². The third-order valence-corrected chi connectivity index (χ3v) is 12.2. The van der Waals surface area contributed by atoms with Gasteiger partial charge < -0.3 is 24.4 Å². The summed E-state index contributed by atoms with van der Waals surface area (Å²) >= 11 is 0. The van der Waals surface area contributed by atoms with Gasteiger partial charge in [0, 0.05) is 26.5 Å². The molecule has 0 rings (SSSR count). The zero-order valence-electron chi connectivity index (χ0n) is 40.9. The third-order valence-electron chi connectivity index (χ3n) is 12.2. The van der Waals surface area contributed by atoms with E-state index in [9.17, 15) is 4.79 Å². The van der Waals surface area contributed by atoms with Crippen LogP contribution in [-0.4, -0.2) is 63.4 Å². The van der Waals surface area contributed by atoms with Crippen LogP contribution in [0.15, 0.2) is 36.1 Å². The smallest absolute Gasteiger partial charge is 0.245 e. The molecular weight excluding hydrogens is 741 g/mol. The van der Waals surface area contributed by atoms with Gasteiger partial charge in [-0.1, -0.05) is 194 Å². The average Bonchev–Trinajstić information content (AvgIpc) is 3.25. The number of unbranched alkanes of at least 4 members (excludes halogenated alkanes) is 20. The van der Waals surface area contributed by atoms with Crippen molar-refractivity contribution < 1.29 is 19.0 Å². The van der Waals surface area contributed by atoms with E-state index in [4.69, 9.17) is 14.2 Å². The van der Waals surface area contributed by atoms with E-state index in [0.29, 0.717) is 12.6 Å². The number of nitrogens with one attached hydrogen (secondary N) is 1. The molecule has 0 aliphatic carbocycles. The largest absolute Gasteiger partial charge is 0.490 e. The molecule has 0 aliphatic rings. The van der Waals surface area contributed by atoms with Crippen LogP contribution < -0.4 is 5.32 Å². The van der Waals surface area contributed by atoms with Crippen LogP contribution in [0.3, 0.4) is 0 Å². The maximum absolute atomic E-state index is 11.9. The Morgan fingerprint density at radius 2 is 0.983 bits per heavy atom. The second kappa shape index (κ2) is 46.5. The van der Waals surface area contributed by atoms with Gasteiger partial charge in [-0.15, -0.1) is 0 Å². The van der Waals surface area contributed by atoms with Gasteiger partial charge in [0.05, 0.1) is 12.7 Å². The summed E-state index contributed by atoms with van der Waals surface area (Å²) in [6, 6.07) is 0. The molecule has 6 nitrogen and oxygen atoms in total. The number of carbonyl (C=O) groups excluding carboxylic acids is 1. The fourth-order valence-corrected chi connectivity index (χ4v) is 8.29. The molecule has 352 valence electrons. The first-order chi connectivity index (χ1) is 29.5. The fourth-order valence-electron chi connectivity index (χ4n) is 8.29. The summed E-state index contributed by atoms with van der Waals surface area (Å²) in [5, 5.41) is 3.00. The zero-order valence-corrected chi connectivity index (χ0v) is 40.9. The Labute approximate surface area is 374 Å². The maximum Gasteiger partial charge on any atom is 0.245 e. The number of methoxy groups -OCH3 is 1. The lowest BCUT2D eigenvalue weighted by atomic mass is 9.93. The van der Waals surface area contributed by atoms with E-state index in [2.05, 4.69) is 62.5 Å². The Balaban J connectivity index is 4.61. The lowest BCUT2D eigenvalue weighted by Gasteiger charge is -2.22. The molecular formula is C54H102N2O4. The predicted octanol–water partition coefficient (Wildman–Crippen LogP) is 15.7. The van der Waals surface area contributed by atoms with Crippen molar-refractivity contribution in [2.24, 2.45) is 5.92 Å². The number of hydrogen-bond donors (Lipinski definition) is 1. The molecule has 0 bridgehead atoms. The van der Waals surface area contributed by atoms with Gasteiger partial charge in [0.1, 0.15) is 18.1 Å². The summed E-state index contributed by atoms with van der Waals surface area (Å²) in [5.41, 5.74) is 6.26. The van der Waals surface area contributed by atoms with Crippen molar-refractivity contribution >= 4 is 5.91 Å². The number of amides is 1. The van der Waals surface area contributed by atoms with E-state index in [1.807, 2.05) is 0 Å². The van der Waals surface area contributed by atoms with Crippen molar-refractivity contribution in [2.45, 2.75) is 252 Å². The van der Waals surface area contributed by atoms with Gasteiger partial charge in [-0.3, -0.25) is 4.79 Å². The van der Waals surface area contributed by atoms with Gasteiger partial charge in [0.2, 0.25) is 5.91 Å². The number of allylic oxidation sites excluding steroid dienone is 2. The predicted molar refractivity (Wildman–Crippen MR) is 261 cm³/mol. The van der Waals surface area contributed by atoms with Crippen molar-refractivity contribution in [2.75, 3.05) is 46.5 Å². The third kappa shape index (κ3) is 38.9. The molecule has 0 heterocycles. The molecule has 60 heavy (non-hydrogen) atoms. The molecule has 0 saturated heterocycles. The molecule has 0 aliphatic heterocycles. The number of nitrogens with zero attached hydrogens (tertiary/aromatic N) is 1. The van der Waals surface area contributed by atoms with Gasteiger partial charge in [0.15, 0.2) is 0 Å². The second-order valence-electron chi connectivity index (χ2n) is 17.9. The molecule has 6 heteroatoms. The molecule has 0 spiro atoms. The first-order valence-corrected chi connectivity index (χ1v) is 26.0. The molecule has 0 atom stereocenters. The highest BCUT2D eigenvalue weighted by Crippen LogP contribution is 2.23. The highest BCUT2D eigenvalue weighted by molar-refractivity contribution is 5.77. The Morgan fingerprint density at radius 1 is 0.533 bits per heavy atom. The summed E-state index contributed by atoms with van der Waals surface area (Å²) < 4.78 is 17.7. The lowest BCUT2D eigenvalue weighted by molar-refractivity contribution is -0.124. The Bertz CT molecular complexity index is 1010. The Morgan fingerprint density at radius 3 is 1.48 bits per heavy atom. The van der Waals surface area contributed by atoms with Crippen LogP contribution in [0.5, 0.6) is 0 Å². The van der Waals surface area contributed by atoms with Crippen LogP contribution in [0.1, 0.15) is 246 Å². The standard InChI is InChI=1S/C54H102N2O4/c1-8-14-18-20-24-32-41-53(42-33-25-21-19-15-9-2)60-52(13-6)40-31-27-23-29-35-46-56(47-36-44-55-54(57)49-58-7)45-34-28-22-26-30-39-51(12-5)59-48-43-50(37-16-10-3)38-17-11-4/h50,53H,5-6,8-11,14-49H2,1-4,7H3,(H,55,57). The highest BCUT2D eigenvalue weighted by Gasteiger charge is 2.13. The Hall–Kier alpha value is -1.97. The molecule has 0 aromatic carbocycles. The van der Waals surface area contributed by atoms with Crippen LogP contribution in [-0.2, 0) is 19.0 Å². The highest BCUT2D eigenvalue weighted by atomic mass is 16.5. The maximum atomic E-state index is 11.9. The minimum absolute atomic E-state index is 0.0296. The summed E-state index contributed by atoms with van der Waals surface area (Å²) in [7, 11) is 1.57. The zero-order chi connectivity index (χ0) is 44.0. The van der Waals surface area contributed by atoms with Crippen LogP contribution in [0.2, 0.25) is 0 Å². The molecule has 0 aromatic rings. The molecule has 0 radical (unpaired) electrons. The van der Waals surface area contributed by atoms with E-state index in [1.54, 1.807) is 7.11 Å². The number of rotatable bonds is 48. The molecule has 0 unspecified atom stereocenters. The van der Waals surface area contributed by atoms with Gasteiger partial charge in [-0.2, -0.15) is 0 Å². The SMILES string of the molecule is C=C=C(CCCCCCCN(CCCCCCCC(=C=C)OC(CCCCCCCC)CCCCCCCC)CCCNC(=O)COC)OCCC(CCCC)CCCC. The second-order valence-corrected chi connectivity index (χ2v) is 17.9. The number of hydrogen-bond acceptors (Lipinski definition) is 5. The summed E-state index contributed by atoms with van der Waals surface area (Å²) in [6.07, 6.45) is 42.8. The van der Waals surface area contributed by atoms with Crippen LogP contribution in [0, 0.1) is 5.92 Å². The van der Waals surface area contributed by atoms with Crippen molar-refractivity contribution in [1.82, 2.24) is 10.2 Å². The summed E-state index contributed by atoms with van der Waals surface area (Å²) in [6.45, 7) is 22.0. The lowest BCUT2D eigenvalue weighted by Crippen LogP contribution is -2.32. The van der Waals surface area contributed by atoms with Crippen molar-refractivity contribution in [1.29, 1.82) is 0 Å². The van der Waals surface area contributed by atoms with E-state index < -0.39 is 0 Å². The van der Waals surface area contributed by atoms with Crippen LogP contribution in [0.25, 0.3) is 0 Å². The van der Waals surface area contributed by atoms with Crippen LogP contribution in [0.4, 0.5) is 0 Å². The van der Waals surface area contributed by atoms with Gasteiger partial charge in [-0.25, -0.2) is 0 Å². The number of carbonyl (C=O) groups is 1. The van der Waals surface area contributed by atoms with Gasteiger partial charge in [0.25, 0.3) is 0 Å². The average molecular weight is 843 g/mol. The van der Waals surface area contributed by atoms with Gasteiger partial charge in [-0.05, 0) is 89.8 Å². The monoisotopic (exact) mass is 843 g/mol. The van der Waals surface area contributed by atoms with E-state index in [1.165, 1.54) is 180 Å². The molecule has 1 N–H and O–H groups in total. The van der Waals surface area contributed by atoms with E-state index in [-0.39, 0.29) is 12.5 Å². The number of ether oxygens (including phenoxy) is 3. The molecule has 0 aromatic heterocycles. The summed E-state index contributed by atoms with van der Waals surface area (Å²) in [5.74, 6) is 2.72. The van der Waals surface area contributed by atoms with Crippen LogP contribution >= 0.6 is 0 Å². The first-order valence-electron chi connectivity index (χ1n) is 26.0. The fraction of sp³-hybridized carbons (Fsp3) is 0.870. The van der Waals surface area contributed by atoms with Crippen molar-refractivity contribution in [3.05, 3.63) is 36.1 Å². The minimum atomic E-state index is -0.0296. The Kier molecular flexibility index (Phi) is 45.0. The van der Waals surface area contributed by atoms with E-state index in [0.717, 1.165) is 82.2 Å². The molecule has 0 saturated carbocycles. The minimum Gasteiger partial charge on any atom is -0.490 e. The van der Waals surface area contributed by atoms with Crippen molar-refractivity contribution in [3.63, 3.8) is 0 Å².